The van der Waals surface area contributed by atoms with Crippen LogP contribution >= 0.6 is 0 Å². The Bertz CT molecular complexity index is 923. The molecule has 0 N–H and O–H groups in total. The van der Waals surface area contributed by atoms with Gasteiger partial charge in [0, 0.05) is 45.3 Å². The maximum atomic E-state index is 12.9. The average Bonchev–Trinajstić information content (AvgIpc) is 2.92. The van der Waals surface area contributed by atoms with Gasteiger partial charge in [0.05, 0.1) is 0 Å². The standard InChI is InChI=1S/C31H43NO4/c1-2-3-4-5-6-7-11-18-30(33)36-31(26-14-9-8-10-15-26)20-23-32(24-21-31)22-19-27-25-34-28-16-12-13-17-29(28)35-27/h8-10,12-17,27H,2-7,11,18-25H2,1H3. The molecule has 2 aliphatic rings. The van der Waals surface area contributed by atoms with Gasteiger partial charge in [-0.1, -0.05) is 87.9 Å². The van der Waals surface area contributed by atoms with E-state index < -0.39 is 5.60 Å². The number of hydrogen-bond donors (Lipinski definition) is 0. The normalized spacial score (nSPS) is 19.1. The lowest BCUT2D eigenvalue weighted by atomic mass is 9.84. The molecule has 0 radical (unpaired) electrons. The highest BCUT2D eigenvalue weighted by Gasteiger charge is 2.39. The van der Waals surface area contributed by atoms with Gasteiger partial charge in [-0.15, -0.1) is 0 Å². The van der Waals surface area contributed by atoms with E-state index in [4.69, 9.17) is 14.2 Å². The van der Waals surface area contributed by atoms with Crippen molar-refractivity contribution in [3.05, 3.63) is 60.2 Å². The number of carbonyl (C=O) groups excluding carboxylic acids is 1. The molecule has 0 amide bonds. The molecule has 1 unspecified atom stereocenters. The number of piperidine rings is 1. The Hall–Kier alpha value is -2.53. The summed E-state index contributed by atoms with van der Waals surface area (Å²) in [4.78, 5) is 15.3. The Kier molecular flexibility index (Phi) is 10.1. The SMILES string of the molecule is CCCCCCCCCC(=O)OC1(c2ccccc2)CCN(CCC2COc3ccccc3O2)CC1. The summed E-state index contributed by atoms with van der Waals surface area (Å²) in [6, 6.07) is 18.2. The number of para-hydroxylation sites is 2. The van der Waals surface area contributed by atoms with Crippen LogP contribution in [0.5, 0.6) is 11.5 Å². The third-order valence-corrected chi connectivity index (χ3v) is 7.59. The maximum Gasteiger partial charge on any atom is 0.306 e. The summed E-state index contributed by atoms with van der Waals surface area (Å²) in [6.07, 6.45) is 11.6. The largest absolute Gasteiger partial charge is 0.486 e. The van der Waals surface area contributed by atoms with Crippen molar-refractivity contribution in [2.24, 2.45) is 0 Å². The zero-order chi connectivity index (χ0) is 25.1. The third-order valence-electron chi connectivity index (χ3n) is 7.59. The van der Waals surface area contributed by atoms with Gasteiger partial charge in [0.1, 0.15) is 18.3 Å². The molecule has 0 saturated carbocycles. The Balaban J connectivity index is 1.25. The summed E-state index contributed by atoms with van der Waals surface area (Å²) in [5, 5.41) is 0. The Labute approximate surface area is 217 Å². The predicted octanol–water partition coefficient (Wildman–Crippen LogP) is 6.89. The smallest absolute Gasteiger partial charge is 0.306 e. The number of rotatable bonds is 13. The van der Waals surface area contributed by atoms with Crippen molar-refractivity contribution in [3.63, 3.8) is 0 Å². The minimum atomic E-state index is -0.515. The molecule has 5 heteroatoms. The van der Waals surface area contributed by atoms with Crippen LogP contribution in [0.3, 0.4) is 0 Å². The van der Waals surface area contributed by atoms with Crippen LogP contribution in [-0.2, 0) is 15.1 Å². The lowest BCUT2D eigenvalue weighted by molar-refractivity contribution is -0.167. The molecule has 2 aromatic rings. The van der Waals surface area contributed by atoms with Gasteiger partial charge in [0.2, 0.25) is 0 Å². The van der Waals surface area contributed by atoms with Crippen molar-refractivity contribution < 1.29 is 19.0 Å². The highest BCUT2D eigenvalue weighted by molar-refractivity contribution is 5.70. The molecule has 1 saturated heterocycles. The van der Waals surface area contributed by atoms with Crippen LogP contribution in [0, 0.1) is 0 Å². The Morgan fingerprint density at radius 3 is 2.33 bits per heavy atom. The summed E-state index contributed by atoms with van der Waals surface area (Å²) in [5.41, 5.74) is 0.609. The zero-order valence-corrected chi connectivity index (χ0v) is 22.0. The predicted molar refractivity (Wildman–Crippen MR) is 143 cm³/mol. The van der Waals surface area contributed by atoms with Crippen LogP contribution in [0.4, 0.5) is 0 Å². The molecular formula is C31H43NO4. The highest BCUT2D eigenvalue weighted by Crippen LogP contribution is 2.38. The fraction of sp³-hybridized carbons (Fsp3) is 0.581. The molecule has 0 bridgehead atoms. The molecule has 0 aliphatic carbocycles. The van der Waals surface area contributed by atoms with Crippen molar-refractivity contribution in [2.45, 2.75) is 89.3 Å². The number of nitrogens with zero attached hydrogens (tertiary/aromatic N) is 1. The number of ether oxygens (including phenoxy) is 3. The molecule has 2 heterocycles. The molecule has 4 rings (SSSR count). The molecular weight excluding hydrogens is 450 g/mol. The molecule has 5 nitrogen and oxygen atoms in total. The minimum Gasteiger partial charge on any atom is -0.486 e. The maximum absolute atomic E-state index is 12.9. The number of likely N-dealkylation sites (tertiary alicyclic amines) is 1. The van der Waals surface area contributed by atoms with Gasteiger partial charge in [0.25, 0.3) is 0 Å². The van der Waals surface area contributed by atoms with E-state index in [9.17, 15) is 4.79 Å². The fourth-order valence-electron chi connectivity index (χ4n) is 5.36. The molecule has 1 atom stereocenters. The monoisotopic (exact) mass is 493 g/mol. The van der Waals surface area contributed by atoms with Gasteiger partial charge in [0.15, 0.2) is 11.5 Å². The van der Waals surface area contributed by atoms with Crippen molar-refractivity contribution in [2.75, 3.05) is 26.2 Å². The van der Waals surface area contributed by atoms with Crippen molar-refractivity contribution >= 4 is 5.97 Å². The van der Waals surface area contributed by atoms with Crippen LogP contribution in [-0.4, -0.2) is 43.2 Å². The number of unbranched alkanes of at least 4 members (excludes halogenated alkanes) is 6. The summed E-state index contributed by atoms with van der Waals surface area (Å²) >= 11 is 0. The first-order valence-corrected chi connectivity index (χ1v) is 14.1. The first kappa shape index (κ1) is 26.5. The zero-order valence-electron chi connectivity index (χ0n) is 22.0. The van der Waals surface area contributed by atoms with E-state index in [-0.39, 0.29) is 12.1 Å². The average molecular weight is 494 g/mol. The molecule has 2 aliphatic heterocycles. The van der Waals surface area contributed by atoms with Crippen LogP contribution in [0.25, 0.3) is 0 Å². The van der Waals surface area contributed by atoms with E-state index in [1.807, 2.05) is 42.5 Å². The van der Waals surface area contributed by atoms with E-state index in [1.54, 1.807) is 0 Å². The van der Waals surface area contributed by atoms with E-state index >= 15 is 0 Å². The number of esters is 1. The van der Waals surface area contributed by atoms with E-state index in [0.717, 1.165) is 68.8 Å². The molecule has 0 aromatic heterocycles. The summed E-state index contributed by atoms with van der Waals surface area (Å²) in [6.45, 7) is 5.60. The second kappa shape index (κ2) is 13.7. The van der Waals surface area contributed by atoms with E-state index in [0.29, 0.717) is 13.0 Å². The molecule has 36 heavy (non-hydrogen) atoms. The van der Waals surface area contributed by atoms with Crippen LogP contribution < -0.4 is 9.47 Å². The molecule has 0 spiro atoms. The minimum absolute atomic E-state index is 0.0488. The van der Waals surface area contributed by atoms with Gasteiger partial charge in [-0.05, 0) is 24.1 Å². The number of hydrogen-bond acceptors (Lipinski definition) is 5. The first-order chi connectivity index (χ1) is 17.7. The molecule has 2 aromatic carbocycles. The Morgan fingerprint density at radius 1 is 0.917 bits per heavy atom. The van der Waals surface area contributed by atoms with Crippen LogP contribution in [0.15, 0.2) is 54.6 Å². The summed E-state index contributed by atoms with van der Waals surface area (Å²) < 4.78 is 18.3. The van der Waals surface area contributed by atoms with Gasteiger partial charge >= 0.3 is 5.97 Å². The Morgan fingerprint density at radius 2 is 1.58 bits per heavy atom. The second-order valence-electron chi connectivity index (χ2n) is 10.3. The number of benzene rings is 2. The number of fused-ring (bicyclic) bond motifs is 1. The summed E-state index contributed by atoms with van der Waals surface area (Å²) in [5.74, 6) is 1.62. The quantitative estimate of drug-likeness (QED) is 0.225. The van der Waals surface area contributed by atoms with Gasteiger partial charge in [-0.3, -0.25) is 4.79 Å². The first-order valence-electron chi connectivity index (χ1n) is 14.1. The second-order valence-corrected chi connectivity index (χ2v) is 10.3. The van der Waals surface area contributed by atoms with Crippen molar-refractivity contribution in [3.8, 4) is 11.5 Å². The molecule has 196 valence electrons. The van der Waals surface area contributed by atoms with Crippen LogP contribution in [0.1, 0.15) is 83.1 Å². The van der Waals surface area contributed by atoms with E-state index in [1.165, 1.54) is 32.1 Å². The van der Waals surface area contributed by atoms with E-state index in [2.05, 4.69) is 24.0 Å². The summed E-state index contributed by atoms with van der Waals surface area (Å²) in [7, 11) is 0. The fourth-order valence-corrected chi connectivity index (χ4v) is 5.36. The highest BCUT2D eigenvalue weighted by atomic mass is 16.6. The van der Waals surface area contributed by atoms with Crippen molar-refractivity contribution in [1.82, 2.24) is 4.90 Å². The van der Waals surface area contributed by atoms with Crippen LogP contribution in [0.2, 0.25) is 0 Å². The van der Waals surface area contributed by atoms with Crippen molar-refractivity contribution in [1.29, 1.82) is 0 Å². The van der Waals surface area contributed by atoms with Gasteiger partial charge < -0.3 is 19.1 Å². The van der Waals surface area contributed by atoms with Gasteiger partial charge in [-0.25, -0.2) is 0 Å². The van der Waals surface area contributed by atoms with Gasteiger partial charge in [-0.2, -0.15) is 0 Å². The third kappa shape index (κ3) is 7.49. The lowest BCUT2D eigenvalue weighted by Gasteiger charge is -2.42. The topological polar surface area (TPSA) is 48.0 Å². The number of carbonyl (C=O) groups is 1. The lowest BCUT2D eigenvalue weighted by Crippen LogP contribution is -2.46. The molecule has 1 fully saturated rings.